The number of hydrogen-bond acceptors (Lipinski definition) is 7. The zero-order chi connectivity index (χ0) is 19.0. The van der Waals surface area contributed by atoms with Crippen molar-refractivity contribution in [2.75, 3.05) is 43.5 Å². The Hall–Kier alpha value is -1.93. The number of carbonyl (C=O) groups excluding carboxylic acids is 1. The lowest BCUT2D eigenvalue weighted by Crippen LogP contribution is -2.37. The summed E-state index contributed by atoms with van der Waals surface area (Å²) < 4.78 is 5.85. The van der Waals surface area contributed by atoms with Crippen molar-refractivity contribution in [3.63, 3.8) is 0 Å². The van der Waals surface area contributed by atoms with Crippen molar-refractivity contribution in [1.82, 2.24) is 14.9 Å². The Labute approximate surface area is 154 Å². The maximum absolute atomic E-state index is 11.8. The van der Waals surface area contributed by atoms with Gasteiger partial charge in [0.25, 0.3) is 0 Å². The molecule has 2 aliphatic rings. The van der Waals surface area contributed by atoms with Gasteiger partial charge in [-0.05, 0) is 20.3 Å². The van der Waals surface area contributed by atoms with Gasteiger partial charge in [-0.3, -0.25) is 4.79 Å². The summed E-state index contributed by atoms with van der Waals surface area (Å²) in [5.74, 6) is 1.53. The molecule has 0 radical (unpaired) electrons. The molecule has 0 saturated carbocycles. The summed E-state index contributed by atoms with van der Waals surface area (Å²) in [5, 5.41) is 10.4. The number of ether oxygens (including phenoxy) is 1. The molecule has 3 rings (SSSR count). The highest BCUT2D eigenvalue weighted by Crippen LogP contribution is 2.31. The van der Waals surface area contributed by atoms with Crippen LogP contribution in [0.1, 0.15) is 32.0 Å². The second kappa shape index (κ2) is 7.36. The monoisotopic (exact) mass is 363 g/mol. The molecular formula is C18H29N5O3. The lowest BCUT2D eigenvalue weighted by atomic mass is 10.0. The molecule has 0 aliphatic carbocycles. The molecule has 1 aromatic heterocycles. The summed E-state index contributed by atoms with van der Waals surface area (Å²) in [4.78, 5) is 27.0. The molecule has 2 aliphatic heterocycles. The van der Waals surface area contributed by atoms with E-state index in [1.165, 1.54) is 0 Å². The normalized spacial score (nSPS) is 22.7. The highest BCUT2D eigenvalue weighted by molar-refractivity contribution is 5.74. The van der Waals surface area contributed by atoms with Gasteiger partial charge in [-0.25, -0.2) is 4.98 Å². The Kier molecular flexibility index (Phi) is 5.34. The number of rotatable bonds is 4. The van der Waals surface area contributed by atoms with Gasteiger partial charge in [-0.1, -0.05) is 0 Å². The summed E-state index contributed by atoms with van der Waals surface area (Å²) in [5.41, 5.74) is 1.97. The van der Waals surface area contributed by atoms with E-state index in [9.17, 15) is 9.90 Å². The van der Waals surface area contributed by atoms with Gasteiger partial charge in [0.2, 0.25) is 11.9 Å². The summed E-state index contributed by atoms with van der Waals surface area (Å²) in [7, 11) is 3.81. The maximum Gasteiger partial charge on any atom is 0.227 e. The quantitative estimate of drug-likeness (QED) is 0.830. The van der Waals surface area contributed by atoms with Crippen LogP contribution in [0, 0.1) is 0 Å². The topological polar surface area (TPSA) is 82.0 Å². The number of aliphatic hydroxyl groups excluding tert-OH is 1. The molecule has 0 unspecified atom stereocenters. The van der Waals surface area contributed by atoms with Crippen LogP contribution in [0.2, 0.25) is 0 Å². The summed E-state index contributed by atoms with van der Waals surface area (Å²) in [6, 6.07) is 0. The van der Waals surface area contributed by atoms with Crippen LogP contribution >= 0.6 is 0 Å². The van der Waals surface area contributed by atoms with Gasteiger partial charge in [-0.15, -0.1) is 0 Å². The lowest BCUT2D eigenvalue weighted by Gasteiger charge is -2.31. The van der Waals surface area contributed by atoms with Gasteiger partial charge in [0.05, 0.1) is 24.4 Å². The van der Waals surface area contributed by atoms with Crippen LogP contribution in [0.15, 0.2) is 0 Å². The first-order valence-corrected chi connectivity index (χ1v) is 9.17. The number of anilines is 2. The molecule has 1 saturated heterocycles. The third-order valence-corrected chi connectivity index (χ3v) is 4.86. The standard InChI is InChI=1S/C18H29N5O3/c1-11(2)26-16-10-23(9-15(16)25)17-13-6-7-22(12(3)24)8-14(13)19-18(20-17)21(4)5/h11,15-16,25H,6-10H2,1-5H3/t15-,16-/m1/s1. The Morgan fingerprint density at radius 1 is 1.31 bits per heavy atom. The van der Waals surface area contributed by atoms with E-state index in [1.54, 1.807) is 6.92 Å². The Morgan fingerprint density at radius 2 is 2.04 bits per heavy atom. The Morgan fingerprint density at radius 3 is 2.65 bits per heavy atom. The van der Waals surface area contributed by atoms with E-state index < -0.39 is 6.10 Å². The number of amides is 1. The lowest BCUT2D eigenvalue weighted by molar-refractivity contribution is -0.129. The average Bonchev–Trinajstić information content (AvgIpc) is 2.93. The van der Waals surface area contributed by atoms with Gasteiger partial charge < -0.3 is 24.5 Å². The average molecular weight is 363 g/mol. The predicted octanol–water partition coefficient (Wildman–Crippen LogP) is 0.422. The van der Waals surface area contributed by atoms with E-state index in [0.29, 0.717) is 32.1 Å². The number of aromatic nitrogens is 2. The third kappa shape index (κ3) is 3.76. The van der Waals surface area contributed by atoms with Gasteiger partial charge in [-0.2, -0.15) is 4.98 Å². The molecular weight excluding hydrogens is 334 g/mol. The first-order valence-electron chi connectivity index (χ1n) is 9.17. The van der Waals surface area contributed by atoms with E-state index in [1.807, 2.05) is 37.7 Å². The molecule has 3 heterocycles. The van der Waals surface area contributed by atoms with Crippen molar-refractivity contribution in [3.05, 3.63) is 11.3 Å². The van der Waals surface area contributed by atoms with Crippen LogP contribution in [0.3, 0.4) is 0 Å². The van der Waals surface area contributed by atoms with Crippen molar-refractivity contribution in [2.24, 2.45) is 0 Å². The molecule has 0 bridgehead atoms. The molecule has 1 fully saturated rings. The summed E-state index contributed by atoms with van der Waals surface area (Å²) in [6.07, 6.45) is 0.0273. The molecule has 0 spiro atoms. The van der Waals surface area contributed by atoms with Crippen LogP contribution in [-0.2, 0) is 22.5 Å². The SMILES string of the molecule is CC(=O)N1CCc2c(nc(N(C)C)nc2N2C[C@@H](O)[C@H](OC(C)C)C2)C1. The maximum atomic E-state index is 11.8. The van der Waals surface area contributed by atoms with E-state index >= 15 is 0 Å². The number of carbonyl (C=O) groups is 1. The first kappa shape index (κ1) is 18.8. The zero-order valence-corrected chi connectivity index (χ0v) is 16.3. The van der Waals surface area contributed by atoms with Gasteiger partial charge >= 0.3 is 0 Å². The molecule has 8 nitrogen and oxygen atoms in total. The molecule has 0 aromatic carbocycles. The number of nitrogens with zero attached hydrogens (tertiary/aromatic N) is 5. The van der Waals surface area contributed by atoms with Crippen LogP contribution in [0.5, 0.6) is 0 Å². The van der Waals surface area contributed by atoms with E-state index in [4.69, 9.17) is 9.72 Å². The molecule has 1 amide bonds. The number of hydrogen-bond donors (Lipinski definition) is 1. The van der Waals surface area contributed by atoms with E-state index in [0.717, 1.165) is 23.5 Å². The molecule has 2 atom stereocenters. The Balaban J connectivity index is 1.93. The highest BCUT2D eigenvalue weighted by atomic mass is 16.5. The van der Waals surface area contributed by atoms with E-state index in [-0.39, 0.29) is 18.1 Å². The zero-order valence-electron chi connectivity index (χ0n) is 16.3. The molecule has 144 valence electrons. The number of β-amino-alcohol motifs (C(OH)–C–C–N with tert-alkyl or cyclic N) is 1. The van der Waals surface area contributed by atoms with Gasteiger partial charge in [0.15, 0.2) is 0 Å². The number of aliphatic hydroxyl groups is 1. The summed E-state index contributed by atoms with van der Waals surface area (Å²) in [6.45, 7) is 7.80. The van der Waals surface area contributed by atoms with Gasteiger partial charge in [0, 0.05) is 46.2 Å². The van der Waals surface area contributed by atoms with Crippen molar-refractivity contribution in [3.8, 4) is 0 Å². The highest BCUT2D eigenvalue weighted by Gasteiger charge is 2.36. The fourth-order valence-electron chi connectivity index (χ4n) is 3.54. The second-order valence-electron chi connectivity index (χ2n) is 7.55. The van der Waals surface area contributed by atoms with Gasteiger partial charge in [0.1, 0.15) is 11.9 Å². The van der Waals surface area contributed by atoms with Crippen LogP contribution < -0.4 is 9.80 Å². The molecule has 8 heteroatoms. The fraction of sp³-hybridized carbons (Fsp3) is 0.722. The van der Waals surface area contributed by atoms with Crippen molar-refractivity contribution in [1.29, 1.82) is 0 Å². The number of fused-ring (bicyclic) bond motifs is 1. The molecule has 1 aromatic rings. The van der Waals surface area contributed by atoms with Crippen LogP contribution in [0.25, 0.3) is 0 Å². The van der Waals surface area contributed by atoms with Crippen LogP contribution in [-0.4, -0.2) is 77.9 Å². The largest absolute Gasteiger partial charge is 0.388 e. The fourth-order valence-corrected chi connectivity index (χ4v) is 3.54. The smallest absolute Gasteiger partial charge is 0.227 e. The second-order valence-corrected chi connectivity index (χ2v) is 7.55. The predicted molar refractivity (Wildman–Crippen MR) is 99.4 cm³/mol. The molecule has 26 heavy (non-hydrogen) atoms. The third-order valence-electron chi connectivity index (χ3n) is 4.86. The van der Waals surface area contributed by atoms with Crippen molar-refractivity contribution >= 4 is 17.7 Å². The van der Waals surface area contributed by atoms with Crippen molar-refractivity contribution < 1.29 is 14.6 Å². The summed E-state index contributed by atoms with van der Waals surface area (Å²) >= 11 is 0. The minimum absolute atomic E-state index is 0.0595. The Bertz CT molecular complexity index is 679. The van der Waals surface area contributed by atoms with Crippen molar-refractivity contribution in [2.45, 2.75) is 52.0 Å². The van der Waals surface area contributed by atoms with E-state index in [2.05, 4.69) is 9.88 Å². The van der Waals surface area contributed by atoms with Crippen LogP contribution in [0.4, 0.5) is 11.8 Å². The molecule has 1 N–H and O–H groups in total. The minimum atomic E-state index is -0.539. The first-order chi connectivity index (χ1) is 12.3. The minimum Gasteiger partial charge on any atom is -0.388 e.